The minimum Gasteiger partial charge on any atom is -0.508 e. The lowest BCUT2D eigenvalue weighted by atomic mass is 9.95. The standard InChI is InChI=1S/C28H23NO8/c1-2-35-23(31)13-16-3-8-19(9-4-16)29-25(17-5-10-20(30)11-6-17)24(27(33)28(29)34)26(32)18-7-12-21-22(14-18)37-15-36-21/h3-12,14,25,30,32H,2,13,15H2,1H3/b26-24-. The maximum Gasteiger partial charge on any atom is 0.310 e. The molecule has 2 aliphatic rings. The van der Waals surface area contributed by atoms with E-state index < -0.39 is 17.7 Å². The molecule has 1 fully saturated rings. The van der Waals surface area contributed by atoms with E-state index in [4.69, 9.17) is 14.2 Å². The van der Waals surface area contributed by atoms with Crippen molar-refractivity contribution in [1.82, 2.24) is 0 Å². The number of nitrogens with zero attached hydrogens (tertiary/aromatic N) is 1. The van der Waals surface area contributed by atoms with E-state index in [1.54, 1.807) is 61.5 Å². The van der Waals surface area contributed by atoms with Crippen LogP contribution in [0.2, 0.25) is 0 Å². The average molecular weight is 501 g/mol. The van der Waals surface area contributed by atoms with Crippen LogP contribution in [-0.4, -0.2) is 41.3 Å². The van der Waals surface area contributed by atoms with E-state index >= 15 is 0 Å². The number of ketones is 1. The van der Waals surface area contributed by atoms with Crippen LogP contribution in [0.15, 0.2) is 72.3 Å². The Kier molecular flexibility index (Phi) is 6.27. The van der Waals surface area contributed by atoms with Crippen molar-refractivity contribution >= 4 is 29.1 Å². The van der Waals surface area contributed by atoms with Gasteiger partial charge >= 0.3 is 5.97 Å². The number of carbonyl (C=O) groups is 3. The van der Waals surface area contributed by atoms with Gasteiger partial charge in [0.05, 0.1) is 24.6 Å². The SMILES string of the molecule is CCOC(=O)Cc1ccc(N2C(=O)C(=O)/C(=C(\O)c3ccc4c(c3)OCO4)C2c2ccc(O)cc2)cc1. The first-order valence-corrected chi connectivity index (χ1v) is 11.6. The van der Waals surface area contributed by atoms with Crippen molar-refractivity contribution in [3.8, 4) is 17.2 Å². The third-order valence-electron chi connectivity index (χ3n) is 6.17. The second-order valence-corrected chi connectivity index (χ2v) is 8.48. The summed E-state index contributed by atoms with van der Waals surface area (Å²) in [5, 5.41) is 21.1. The predicted octanol–water partition coefficient (Wildman–Crippen LogP) is 3.85. The molecule has 1 amide bonds. The molecule has 2 heterocycles. The zero-order valence-electron chi connectivity index (χ0n) is 19.8. The summed E-state index contributed by atoms with van der Waals surface area (Å²) >= 11 is 0. The lowest BCUT2D eigenvalue weighted by Crippen LogP contribution is -2.29. The van der Waals surface area contributed by atoms with Crippen LogP contribution < -0.4 is 14.4 Å². The number of aliphatic hydroxyl groups excluding tert-OH is 1. The highest BCUT2D eigenvalue weighted by atomic mass is 16.7. The number of esters is 1. The fourth-order valence-electron chi connectivity index (χ4n) is 4.42. The van der Waals surface area contributed by atoms with E-state index in [-0.39, 0.29) is 48.4 Å². The first-order chi connectivity index (χ1) is 17.9. The predicted molar refractivity (Wildman–Crippen MR) is 132 cm³/mol. The Labute approximate surface area is 212 Å². The van der Waals surface area contributed by atoms with E-state index in [9.17, 15) is 24.6 Å². The quantitative estimate of drug-likeness (QED) is 0.226. The summed E-state index contributed by atoms with van der Waals surface area (Å²) in [4.78, 5) is 39.7. The molecule has 37 heavy (non-hydrogen) atoms. The molecular formula is C28H23NO8. The van der Waals surface area contributed by atoms with E-state index in [0.717, 1.165) is 0 Å². The highest BCUT2D eigenvalue weighted by molar-refractivity contribution is 6.51. The molecule has 3 aromatic rings. The monoisotopic (exact) mass is 501 g/mol. The smallest absolute Gasteiger partial charge is 0.310 e. The number of phenolic OH excluding ortho intramolecular Hbond substituents is 1. The second kappa shape index (κ2) is 9.69. The molecule has 0 aromatic heterocycles. The van der Waals surface area contributed by atoms with Gasteiger partial charge in [0.15, 0.2) is 11.5 Å². The number of amides is 1. The first kappa shape index (κ1) is 23.9. The number of rotatable bonds is 6. The number of hydrogen-bond acceptors (Lipinski definition) is 8. The molecule has 3 aromatic carbocycles. The number of carbonyl (C=O) groups excluding carboxylic acids is 3. The molecule has 1 saturated heterocycles. The number of aromatic hydroxyl groups is 1. The van der Waals surface area contributed by atoms with Crippen LogP contribution in [0.5, 0.6) is 17.2 Å². The minimum atomic E-state index is -0.970. The summed E-state index contributed by atoms with van der Waals surface area (Å²) in [5.74, 6) is -1.48. The number of benzene rings is 3. The number of aliphatic hydroxyl groups is 1. The molecule has 9 heteroatoms. The van der Waals surface area contributed by atoms with Gasteiger partial charge < -0.3 is 24.4 Å². The Bertz CT molecular complexity index is 1410. The van der Waals surface area contributed by atoms with Crippen LogP contribution in [0.4, 0.5) is 5.69 Å². The molecule has 0 radical (unpaired) electrons. The molecule has 2 N–H and O–H groups in total. The molecule has 9 nitrogen and oxygen atoms in total. The molecule has 0 bridgehead atoms. The second-order valence-electron chi connectivity index (χ2n) is 8.48. The topological polar surface area (TPSA) is 123 Å². The Balaban J connectivity index is 1.58. The van der Waals surface area contributed by atoms with Crippen LogP contribution >= 0.6 is 0 Å². The summed E-state index contributed by atoms with van der Waals surface area (Å²) in [7, 11) is 0. The number of hydrogen-bond donors (Lipinski definition) is 2. The van der Waals surface area contributed by atoms with Gasteiger partial charge in [0.2, 0.25) is 6.79 Å². The van der Waals surface area contributed by atoms with Gasteiger partial charge in [-0.2, -0.15) is 0 Å². The van der Waals surface area contributed by atoms with Crippen molar-refractivity contribution < 1.29 is 38.8 Å². The van der Waals surface area contributed by atoms with Crippen LogP contribution in [0.3, 0.4) is 0 Å². The van der Waals surface area contributed by atoms with E-state index in [2.05, 4.69) is 0 Å². The number of phenols is 1. The Morgan fingerprint density at radius 2 is 1.70 bits per heavy atom. The van der Waals surface area contributed by atoms with Crippen LogP contribution in [0, 0.1) is 0 Å². The lowest BCUT2D eigenvalue weighted by molar-refractivity contribution is -0.142. The normalized spacial score (nSPS) is 17.8. The van der Waals surface area contributed by atoms with Crippen molar-refractivity contribution in [2.75, 3.05) is 18.3 Å². The van der Waals surface area contributed by atoms with Crippen molar-refractivity contribution in [2.24, 2.45) is 0 Å². The fourth-order valence-corrected chi connectivity index (χ4v) is 4.42. The van der Waals surface area contributed by atoms with Crippen LogP contribution in [0.1, 0.15) is 29.7 Å². The van der Waals surface area contributed by atoms with Crippen molar-refractivity contribution in [1.29, 1.82) is 0 Å². The third-order valence-corrected chi connectivity index (χ3v) is 6.17. The Hall–Kier alpha value is -4.79. The van der Waals surface area contributed by atoms with Gasteiger partial charge in [-0.25, -0.2) is 0 Å². The molecular weight excluding hydrogens is 478 g/mol. The highest BCUT2D eigenvalue weighted by Gasteiger charge is 2.47. The molecule has 1 unspecified atom stereocenters. The molecule has 0 aliphatic carbocycles. The van der Waals surface area contributed by atoms with Crippen molar-refractivity contribution in [3.63, 3.8) is 0 Å². The van der Waals surface area contributed by atoms with Gasteiger partial charge in [0.1, 0.15) is 11.5 Å². The molecule has 0 saturated carbocycles. The van der Waals surface area contributed by atoms with Crippen molar-refractivity contribution in [3.05, 3.63) is 89.0 Å². The third kappa shape index (κ3) is 4.47. The summed E-state index contributed by atoms with van der Waals surface area (Å²) in [5.41, 5.74) is 1.77. The van der Waals surface area contributed by atoms with Gasteiger partial charge in [0, 0.05) is 11.3 Å². The van der Waals surface area contributed by atoms with Crippen LogP contribution in [0.25, 0.3) is 5.76 Å². The zero-order valence-corrected chi connectivity index (χ0v) is 19.8. The van der Waals surface area contributed by atoms with Gasteiger partial charge in [-0.05, 0) is 60.5 Å². The van der Waals surface area contributed by atoms with Gasteiger partial charge in [0.25, 0.3) is 11.7 Å². The summed E-state index contributed by atoms with van der Waals surface area (Å²) in [6.07, 6.45) is 0.0679. The van der Waals surface area contributed by atoms with Crippen molar-refractivity contribution in [2.45, 2.75) is 19.4 Å². The zero-order chi connectivity index (χ0) is 26.1. The fraction of sp³-hybridized carbons (Fsp3) is 0.179. The minimum absolute atomic E-state index is 0.0137. The van der Waals surface area contributed by atoms with E-state index in [1.165, 1.54) is 17.0 Å². The van der Waals surface area contributed by atoms with E-state index in [1.807, 2.05) is 0 Å². The molecule has 0 spiro atoms. The molecule has 2 aliphatic heterocycles. The maximum atomic E-state index is 13.3. The van der Waals surface area contributed by atoms with Gasteiger partial charge in [-0.3, -0.25) is 19.3 Å². The number of ether oxygens (including phenoxy) is 3. The summed E-state index contributed by atoms with van der Waals surface area (Å²) in [6.45, 7) is 2.05. The van der Waals surface area contributed by atoms with Gasteiger partial charge in [-0.15, -0.1) is 0 Å². The largest absolute Gasteiger partial charge is 0.508 e. The van der Waals surface area contributed by atoms with Crippen LogP contribution in [-0.2, 0) is 25.5 Å². The average Bonchev–Trinajstić information content (AvgIpc) is 3.47. The number of Topliss-reactive ketones (excluding diaryl/α,β-unsaturated/α-hetero) is 1. The summed E-state index contributed by atoms with van der Waals surface area (Å²) < 4.78 is 15.7. The number of anilines is 1. The Morgan fingerprint density at radius 3 is 2.41 bits per heavy atom. The molecule has 1 atom stereocenters. The molecule has 188 valence electrons. The van der Waals surface area contributed by atoms with Gasteiger partial charge in [-0.1, -0.05) is 24.3 Å². The first-order valence-electron chi connectivity index (χ1n) is 11.6. The maximum absolute atomic E-state index is 13.3. The summed E-state index contributed by atoms with van der Waals surface area (Å²) in [6, 6.07) is 16.4. The molecule has 5 rings (SSSR count). The van der Waals surface area contributed by atoms with E-state index in [0.29, 0.717) is 28.3 Å². The highest BCUT2D eigenvalue weighted by Crippen LogP contribution is 2.43. The number of fused-ring (bicyclic) bond motifs is 1. The lowest BCUT2D eigenvalue weighted by Gasteiger charge is -2.25. The Morgan fingerprint density at radius 1 is 1.00 bits per heavy atom.